The number of rotatable bonds is 6. The van der Waals surface area contributed by atoms with Crippen LogP contribution >= 0.6 is 11.3 Å². The maximum atomic E-state index is 12.1. The molecule has 1 aliphatic carbocycles. The summed E-state index contributed by atoms with van der Waals surface area (Å²) in [7, 11) is 2.10. The second kappa shape index (κ2) is 6.77. The first-order valence-electron chi connectivity index (χ1n) is 7.79. The molecule has 5 heteroatoms. The summed E-state index contributed by atoms with van der Waals surface area (Å²) in [5.41, 5.74) is 0.123. The number of hydrogen-bond acceptors (Lipinski definition) is 5. The summed E-state index contributed by atoms with van der Waals surface area (Å²) in [6.07, 6.45) is 5.38. The molecule has 0 N–H and O–H groups in total. The molecule has 1 aromatic rings. The van der Waals surface area contributed by atoms with Gasteiger partial charge in [0, 0.05) is 19.0 Å². The predicted octanol–water partition coefficient (Wildman–Crippen LogP) is 3.61. The van der Waals surface area contributed by atoms with Gasteiger partial charge in [0.2, 0.25) is 0 Å². The SMILES string of the molecule is CCOC(=O)C(C)(C)c1csc(N(C)CC2CCCC2)n1. The van der Waals surface area contributed by atoms with Gasteiger partial charge >= 0.3 is 5.97 Å². The van der Waals surface area contributed by atoms with Gasteiger partial charge in [0.05, 0.1) is 12.3 Å². The Labute approximate surface area is 131 Å². The number of ether oxygens (including phenoxy) is 1. The van der Waals surface area contributed by atoms with Crippen LogP contribution in [0.15, 0.2) is 5.38 Å². The number of esters is 1. The minimum atomic E-state index is -0.682. The molecule has 0 amide bonds. The van der Waals surface area contributed by atoms with Crippen LogP contribution in [0.1, 0.15) is 52.1 Å². The Morgan fingerprint density at radius 2 is 2.14 bits per heavy atom. The lowest BCUT2D eigenvalue weighted by Gasteiger charge is -2.21. The van der Waals surface area contributed by atoms with Crippen molar-refractivity contribution in [2.75, 3.05) is 25.1 Å². The molecule has 0 aliphatic heterocycles. The summed E-state index contributed by atoms with van der Waals surface area (Å²) >= 11 is 1.61. The Bertz CT molecular complexity index is 478. The van der Waals surface area contributed by atoms with E-state index in [0.717, 1.165) is 23.3 Å². The van der Waals surface area contributed by atoms with Crippen LogP contribution in [0.3, 0.4) is 0 Å². The van der Waals surface area contributed by atoms with Crippen molar-refractivity contribution in [2.45, 2.75) is 51.9 Å². The van der Waals surface area contributed by atoms with E-state index in [1.165, 1.54) is 25.7 Å². The molecule has 1 aromatic heterocycles. The van der Waals surface area contributed by atoms with Crippen molar-refractivity contribution in [3.8, 4) is 0 Å². The van der Waals surface area contributed by atoms with Gasteiger partial charge in [-0.3, -0.25) is 4.79 Å². The summed E-state index contributed by atoms with van der Waals surface area (Å²) in [6.45, 7) is 7.05. The van der Waals surface area contributed by atoms with Gasteiger partial charge in [0.15, 0.2) is 5.13 Å². The highest BCUT2D eigenvalue weighted by atomic mass is 32.1. The highest BCUT2D eigenvalue weighted by Gasteiger charge is 2.34. The van der Waals surface area contributed by atoms with E-state index in [9.17, 15) is 4.79 Å². The van der Waals surface area contributed by atoms with E-state index in [0.29, 0.717) is 6.61 Å². The first-order valence-corrected chi connectivity index (χ1v) is 8.67. The standard InChI is InChI=1S/C16H26N2O2S/c1-5-20-14(19)16(2,3)13-11-21-15(17-13)18(4)10-12-8-6-7-9-12/h11-12H,5-10H2,1-4H3. The molecule has 0 atom stereocenters. The molecule has 0 radical (unpaired) electrons. The van der Waals surface area contributed by atoms with E-state index in [2.05, 4.69) is 16.9 Å². The monoisotopic (exact) mass is 310 g/mol. The lowest BCUT2D eigenvalue weighted by molar-refractivity contribution is -0.148. The quantitative estimate of drug-likeness (QED) is 0.753. The zero-order chi connectivity index (χ0) is 15.5. The van der Waals surface area contributed by atoms with E-state index in [-0.39, 0.29) is 5.97 Å². The summed E-state index contributed by atoms with van der Waals surface area (Å²) in [6, 6.07) is 0. The molecule has 0 spiro atoms. The van der Waals surface area contributed by atoms with Crippen molar-refractivity contribution in [3.63, 3.8) is 0 Å². The molecule has 0 aromatic carbocycles. The Hall–Kier alpha value is -1.10. The molecule has 1 aliphatic rings. The van der Waals surface area contributed by atoms with E-state index in [1.54, 1.807) is 11.3 Å². The Balaban J connectivity index is 2.04. The van der Waals surface area contributed by atoms with Crippen LogP contribution in [0.4, 0.5) is 5.13 Å². The molecule has 21 heavy (non-hydrogen) atoms. The van der Waals surface area contributed by atoms with Crippen LogP contribution in [-0.4, -0.2) is 31.2 Å². The predicted molar refractivity (Wildman–Crippen MR) is 87.0 cm³/mol. The number of hydrogen-bond donors (Lipinski definition) is 0. The van der Waals surface area contributed by atoms with Crippen molar-refractivity contribution in [1.29, 1.82) is 0 Å². The molecule has 0 bridgehead atoms. The maximum Gasteiger partial charge on any atom is 0.317 e. The number of anilines is 1. The normalized spacial score (nSPS) is 16.2. The number of carbonyl (C=O) groups excluding carboxylic acids is 1. The van der Waals surface area contributed by atoms with Gasteiger partial charge in [-0.05, 0) is 39.5 Å². The second-order valence-electron chi connectivity index (χ2n) is 6.39. The summed E-state index contributed by atoms with van der Waals surface area (Å²) in [4.78, 5) is 19.0. The smallest absolute Gasteiger partial charge is 0.317 e. The van der Waals surface area contributed by atoms with Crippen molar-refractivity contribution >= 4 is 22.4 Å². The molecule has 118 valence electrons. The van der Waals surface area contributed by atoms with E-state index in [1.807, 2.05) is 26.2 Å². The van der Waals surface area contributed by atoms with Crippen LogP contribution < -0.4 is 4.90 Å². The lowest BCUT2D eigenvalue weighted by atomic mass is 9.90. The van der Waals surface area contributed by atoms with Gasteiger partial charge in [-0.1, -0.05) is 12.8 Å². The Morgan fingerprint density at radius 1 is 1.48 bits per heavy atom. The minimum absolute atomic E-state index is 0.208. The molecule has 1 fully saturated rings. The number of thiazole rings is 1. The summed E-state index contributed by atoms with van der Waals surface area (Å²) in [5, 5.41) is 2.98. The van der Waals surface area contributed by atoms with Gasteiger partial charge in [-0.2, -0.15) is 0 Å². The summed E-state index contributed by atoms with van der Waals surface area (Å²) in [5.74, 6) is 0.584. The lowest BCUT2D eigenvalue weighted by Crippen LogP contribution is -2.31. The van der Waals surface area contributed by atoms with Crippen LogP contribution in [0.25, 0.3) is 0 Å². The van der Waals surface area contributed by atoms with Gasteiger partial charge in [-0.25, -0.2) is 4.98 Å². The average Bonchev–Trinajstić information content (AvgIpc) is 3.09. The van der Waals surface area contributed by atoms with Crippen LogP contribution in [0, 0.1) is 5.92 Å². The number of aromatic nitrogens is 1. The fraction of sp³-hybridized carbons (Fsp3) is 0.750. The van der Waals surface area contributed by atoms with Crippen molar-refractivity contribution in [2.24, 2.45) is 5.92 Å². The third-order valence-corrected chi connectivity index (χ3v) is 5.21. The van der Waals surface area contributed by atoms with E-state index < -0.39 is 5.41 Å². The third-order valence-electron chi connectivity index (χ3n) is 4.25. The van der Waals surface area contributed by atoms with Crippen molar-refractivity contribution < 1.29 is 9.53 Å². The van der Waals surface area contributed by atoms with Gasteiger partial charge < -0.3 is 9.64 Å². The molecule has 0 saturated heterocycles. The molecular formula is C16H26N2O2S. The maximum absolute atomic E-state index is 12.1. The van der Waals surface area contributed by atoms with E-state index >= 15 is 0 Å². The van der Waals surface area contributed by atoms with Crippen LogP contribution in [-0.2, 0) is 14.9 Å². The topological polar surface area (TPSA) is 42.4 Å². The second-order valence-corrected chi connectivity index (χ2v) is 7.23. The fourth-order valence-corrected chi connectivity index (χ4v) is 3.77. The molecular weight excluding hydrogens is 284 g/mol. The van der Waals surface area contributed by atoms with Crippen molar-refractivity contribution in [3.05, 3.63) is 11.1 Å². The van der Waals surface area contributed by atoms with Gasteiger partial charge in [0.1, 0.15) is 5.41 Å². The largest absolute Gasteiger partial charge is 0.465 e. The van der Waals surface area contributed by atoms with Gasteiger partial charge in [-0.15, -0.1) is 11.3 Å². The van der Waals surface area contributed by atoms with Crippen molar-refractivity contribution in [1.82, 2.24) is 4.98 Å². The summed E-state index contributed by atoms with van der Waals surface area (Å²) < 4.78 is 5.15. The zero-order valence-corrected chi connectivity index (χ0v) is 14.3. The molecule has 4 nitrogen and oxygen atoms in total. The zero-order valence-electron chi connectivity index (χ0n) is 13.5. The van der Waals surface area contributed by atoms with E-state index in [4.69, 9.17) is 4.74 Å². The average molecular weight is 310 g/mol. The Kier molecular flexibility index (Phi) is 5.25. The van der Waals surface area contributed by atoms with Gasteiger partial charge in [0.25, 0.3) is 0 Å². The highest BCUT2D eigenvalue weighted by Crippen LogP contribution is 2.31. The molecule has 2 rings (SSSR count). The highest BCUT2D eigenvalue weighted by molar-refractivity contribution is 7.13. The Morgan fingerprint density at radius 3 is 2.76 bits per heavy atom. The molecule has 1 heterocycles. The van der Waals surface area contributed by atoms with Crippen LogP contribution in [0.2, 0.25) is 0 Å². The number of nitrogens with zero attached hydrogens (tertiary/aromatic N) is 2. The van der Waals surface area contributed by atoms with Crippen LogP contribution in [0.5, 0.6) is 0 Å². The fourth-order valence-electron chi connectivity index (χ4n) is 2.80. The minimum Gasteiger partial charge on any atom is -0.465 e. The molecule has 0 unspecified atom stereocenters. The molecule has 1 saturated carbocycles. The first kappa shape index (κ1) is 16.3. The number of carbonyl (C=O) groups is 1. The third kappa shape index (κ3) is 3.76. The first-order chi connectivity index (χ1) is 9.95.